The van der Waals surface area contributed by atoms with Gasteiger partial charge in [0.05, 0.1) is 18.8 Å². The third-order valence-corrected chi connectivity index (χ3v) is 5.28. The lowest BCUT2D eigenvalue weighted by molar-refractivity contribution is -0.137. The van der Waals surface area contributed by atoms with Crippen LogP contribution in [0.2, 0.25) is 0 Å². The molecule has 1 aromatic carbocycles. The molecule has 2 nitrogen and oxygen atoms in total. The summed E-state index contributed by atoms with van der Waals surface area (Å²) in [5, 5.41) is 0. The van der Waals surface area contributed by atoms with Crippen LogP contribution >= 0.6 is 0 Å². The van der Waals surface area contributed by atoms with Crippen LogP contribution in [0.3, 0.4) is 0 Å². The van der Waals surface area contributed by atoms with Gasteiger partial charge in [0, 0.05) is 0 Å². The van der Waals surface area contributed by atoms with Gasteiger partial charge in [0.1, 0.15) is 0 Å². The fourth-order valence-corrected chi connectivity index (χ4v) is 4.25. The third-order valence-electron chi connectivity index (χ3n) is 5.28. The van der Waals surface area contributed by atoms with Crippen LogP contribution in [0.4, 0.5) is 13.2 Å². The molecule has 0 radical (unpaired) electrons. The summed E-state index contributed by atoms with van der Waals surface area (Å²) in [5.41, 5.74) is 6.08. The molecule has 0 unspecified atom stereocenters. The van der Waals surface area contributed by atoms with Crippen LogP contribution in [0.25, 0.3) is 0 Å². The molecule has 3 aliphatic carbocycles. The standard InChI is InChI=1S/C17H22F3NO/c18-17(19,20)15-3-1-2-12(6-15)10-22-11-14-9-16(4-5-21)7-13(14)8-16/h1-3,6,13-14H,4-5,7-11,21H2/t13?,14-,16?/m1/s1. The molecule has 5 heteroatoms. The predicted molar refractivity (Wildman–Crippen MR) is 78.0 cm³/mol. The Morgan fingerprint density at radius 3 is 2.68 bits per heavy atom. The highest BCUT2D eigenvalue weighted by atomic mass is 19.4. The summed E-state index contributed by atoms with van der Waals surface area (Å²) in [6.07, 6.45) is 0.464. The number of benzene rings is 1. The van der Waals surface area contributed by atoms with Crippen molar-refractivity contribution in [1.82, 2.24) is 0 Å². The maximum Gasteiger partial charge on any atom is 0.416 e. The number of hydrogen-bond donors (Lipinski definition) is 1. The number of fused-ring (bicyclic) bond motifs is 1. The molecule has 4 rings (SSSR count). The minimum atomic E-state index is -4.29. The fourth-order valence-electron chi connectivity index (χ4n) is 4.25. The Hall–Kier alpha value is -1.07. The van der Waals surface area contributed by atoms with Crippen molar-refractivity contribution in [2.24, 2.45) is 23.0 Å². The SMILES string of the molecule is NCCC12CC(C1)[C@@H](COCc1cccc(C(F)(F)F)c1)C2. The van der Waals surface area contributed by atoms with E-state index in [1.807, 2.05) is 0 Å². The lowest BCUT2D eigenvalue weighted by Crippen LogP contribution is -2.30. The van der Waals surface area contributed by atoms with Crippen LogP contribution < -0.4 is 5.73 Å². The molecule has 3 aliphatic rings. The zero-order chi connectivity index (χ0) is 15.8. The van der Waals surface area contributed by atoms with E-state index >= 15 is 0 Å². The molecule has 0 saturated heterocycles. The number of halogens is 3. The molecule has 1 atom stereocenters. The van der Waals surface area contributed by atoms with E-state index in [0.717, 1.165) is 31.4 Å². The van der Waals surface area contributed by atoms with Crippen molar-refractivity contribution in [3.8, 4) is 0 Å². The van der Waals surface area contributed by atoms with Gasteiger partial charge in [-0.15, -0.1) is 0 Å². The molecule has 0 aromatic heterocycles. The molecule has 0 heterocycles. The summed E-state index contributed by atoms with van der Waals surface area (Å²) in [7, 11) is 0. The Morgan fingerprint density at radius 2 is 2.00 bits per heavy atom. The average Bonchev–Trinajstić information content (AvgIpc) is 2.93. The highest BCUT2D eigenvalue weighted by molar-refractivity contribution is 5.25. The van der Waals surface area contributed by atoms with Crippen molar-refractivity contribution >= 4 is 0 Å². The van der Waals surface area contributed by atoms with E-state index < -0.39 is 11.7 Å². The Morgan fingerprint density at radius 1 is 1.23 bits per heavy atom. The minimum Gasteiger partial charge on any atom is -0.376 e. The van der Waals surface area contributed by atoms with Crippen LogP contribution in [0.15, 0.2) is 24.3 Å². The van der Waals surface area contributed by atoms with Gasteiger partial charge in [0.15, 0.2) is 0 Å². The van der Waals surface area contributed by atoms with E-state index in [9.17, 15) is 13.2 Å². The Labute approximate surface area is 128 Å². The maximum absolute atomic E-state index is 12.7. The van der Waals surface area contributed by atoms with Gasteiger partial charge >= 0.3 is 6.18 Å². The fraction of sp³-hybridized carbons (Fsp3) is 0.647. The number of rotatable bonds is 6. The normalized spacial score (nSPS) is 30.4. The van der Waals surface area contributed by atoms with Gasteiger partial charge in [0.2, 0.25) is 0 Å². The van der Waals surface area contributed by atoms with E-state index in [4.69, 9.17) is 10.5 Å². The van der Waals surface area contributed by atoms with Crippen LogP contribution in [-0.4, -0.2) is 13.2 Å². The maximum atomic E-state index is 12.7. The number of hydrogen-bond acceptors (Lipinski definition) is 2. The smallest absolute Gasteiger partial charge is 0.376 e. The molecule has 2 N–H and O–H groups in total. The second kappa shape index (κ2) is 5.85. The lowest BCUT2D eigenvalue weighted by atomic mass is 9.67. The summed E-state index contributed by atoms with van der Waals surface area (Å²) in [6, 6.07) is 5.38. The van der Waals surface area contributed by atoms with Gasteiger partial charge in [0.25, 0.3) is 0 Å². The second-order valence-electron chi connectivity index (χ2n) is 6.88. The van der Waals surface area contributed by atoms with Gasteiger partial charge in [-0.3, -0.25) is 0 Å². The van der Waals surface area contributed by atoms with Crippen molar-refractivity contribution in [2.75, 3.05) is 13.2 Å². The first-order chi connectivity index (χ1) is 10.4. The van der Waals surface area contributed by atoms with Crippen LogP contribution in [0, 0.1) is 17.3 Å². The average molecular weight is 313 g/mol. The van der Waals surface area contributed by atoms with Gasteiger partial charge < -0.3 is 10.5 Å². The van der Waals surface area contributed by atoms with Crippen molar-refractivity contribution < 1.29 is 17.9 Å². The quantitative estimate of drug-likeness (QED) is 0.862. The zero-order valence-electron chi connectivity index (χ0n) is 12.5. The Bertz CT molecular complexity index is 523. The molecule has 122 valence electrons. The van der Waals surface area contributed by atoms with Crippen molar-refractivity contribution in [3.05, 3.63) is 35.4 Å². The molecule has 22 heavy (non-hydrogen) atoms. The molecular weight excluding hydrogens is 291 g/mol. The Kier molecular flexibility index (Phi) is 4.21. The molecule has 1 aromatic rings. The molecule has 3 fully saturated rings. The van der Waals surface area contributed by atoms with Crippen LogP contribution in [0.5, 0.6) is 0 Å². The number of ether oxygens (including phenoxy) is 1. The highest BCUT2D eigenvalue weighted by Gasteiger charge is 2.54. The Balaban J connectivity index is 1.49. The first-order valence-electron chi connectivity index (χ1n) is 7.86. The van der Waals surface area contributed by atoms with E-state index in [-0.39, 0.29) is 6.61 Å². The molecule has 0 amide bonds. The summed E-state index contributed by atoms with van der Waals surface area (Å²) in [4.78, 5) is 0. The summed E-state index contributed by atoms with van der Waals surface area (Å²) in [6.45, 7) is 1.63. The van der Waals surface area contributed by atoms with Crippen LogP contribution in [0.1, 0.15) is 36.8 Å². The molecule has 0 aliphatic heterocycles. The largest absolute Gasteiger partial charge is 0.416 e. The summed E-state index contributed by atoms with van der Waals surface area (Å²) >= 11 is 0. The monoisotopic (exact) mass is 313 g/mol. The predicted octanol–water partition coefficient (Wildman–Crippen LogP) is 3.99. The number of alkyl halides is 3. The van der Waals surface area contributed by atoms with Crippen LogP contribution in [-0.2, 0) is 17.5 Å². The lowest BCUT2D eigenvalue weighted by Gasteiger charge is -2.38. The van der Waals surface area contributed by atoms with Crippen molar-refractivity contribution in [1.29, 1.82) is 0 Å². The zero-order valence-corrected chi connectivity index (χ0v) is 12.5. The summed E-state index contributed by atoms with van der Waals surface area (Å²) < 4.78 is 43.7. The third kappa shape index (κ3) is 3.15. The molecule has 0 spiro atoms. The van der Waals surface area contributed by atoms with E-state index in [1.165, 1.54) is 25.0 Å². The van der Waals surface area contributed by atoms with Gasteiger partial charge in [-0.05, 0) is 67.2 Å². The number of nitrogens with two attached hydrogens (primary N) is 1. The first-order valence-corrected chi connectivity index (χ1v) is 7.86. The van der Waals surface area contributed by atoms with E-state index in [2.05, 4.69) is 0 Å². The van der Waals surface area contributed by atoms with Crippen molar-refractivity contribution in [2.45, 2.75) is 38.5 Å². The first kappa shape index (κ1) is 15.8. The summed E-state index contributed by atoms with van der Waals surface area (Å²) in [5.74, 6) is 1.28. The topological polar surface area (TPSA) is 35.2 Å². The minimum absolute atomic E-state index is 0.247. The highest BCUT2D eigenvalue weighted by Crippen LogP contribution is 2.63. The van der Waals surface area contributed by atoms with Crippen molar-refractivity contribution in [3.63, 3.8) is 0 Å². The van der Waals surface area contributed by atoms with Gasteiger partial charge in [-0.25, -0.2) is 0 Å². The molecule has 3 saturated carbocycles. The van der Waals surface area contributed by atoms with E-state index in [0.29, 0.717) is 23.5 Å². The molecule has 2 bridgehead atoms. The van der Waals surface area contributed by atoms with Gasteiger partial charge in [-0.1, -0.05) is 12.1 Å². The van der Waals surface area contributed by atoms with Gasteiger partial charge in [-0.2, -0.15) is 13.2 Å². The molecular formula is C17H22F3NO. The van der Waals surface area contributed by atoms with E-state index in [1.54, 1.807) is 6.07 Å². The second-order valence-corrected chi connectivity index (χ2v) is 6.88.